The Morgan fingerprint density at radius 3 is 2.07 bits per heavy atom. The van der Waals surface area contributed by atoms with Crippen LogP contribution in [0.5, 0.6) is 0 Å². The van der Waals surface area contributed by atoms with E-state index in [0.29, 0.717) is 13.2 Å². The summed E-state index contributed by atoms with van der Waals surface area (Å²) in [5, 5.41) is 0. The van der Waals surface area contributed by atoms with Crippen molar-refractivity contribution < 1.29 is 13.6 Å². The molecule has 0 bridgehead atoms. The van der Waals surface area contributed by atoms with Gasteiger partial charge in [0.25, 0.3) is 0 Å². The van der Waals surface area contributed by atoms with Crippen LogP contribution in [0.2, 0.25) is 0 Å². The summed E-state index contributed by atoms with van der Waals surface area (Å²) in [6.07, 6.45) is 0. The average Bonchev–Trinajstić information content (AvgIpc) is 2.14. The van der Waals surface area contributed by atoms with Crippen LogP contribution < -0.4 is 0 Å². The Hall–Kier alpha value is 0.790. The average molecular weight is 261 g/mol. The summed E-state index contributed by atoms with van der Waals surface area (Å²) in [5.41, 5.74) is 0. The number of alkyl halides is 1. The van der Waals surface area contributed by atoms with E-state index >= 15 is 0 Å². The molecule has 0 heterocycles. The number of rotatable bonds is 8. The third-order valence-electron chi connectivity index (χ3n) is 1.46. The summed E-state index contributed by atoms with van der Waals surface area (Å²) in [4.78, 5) is -0.255. The van der Waals surface area contributed by atoms with Gasteiger partial charge in [-0.1, -0.05) is 6.92 Å². The second-order valence-electron chi connectivity index (χ2n) is 2.44. The van der Waals surface area contributed by atoms with Gasteiger partial charge in [0.2, 0.25) is 0 Å². The highest BCUT2D eigenvalue weighted by atomic mass is 35.5. The van der Waals surface area contributed by atoms with Crippen molar-refractivity contribution in [2.75, 3.05) is 24.8 Å². The van der Waals surface area contributed by atoms with Crippen molar-refractivity contribution >= 4 is 31.0 Å². The molecule has 0 N–H and O–H groups in total. The van der Waals surface area contributed by atoms with E-state index in [4.69, 9.17) is 20.6 Å². The second kappa shape index (κ2) is 8.00. The number of thioether (sulfide) groups is 1. The van der Waals surface area contributed by atoms with E-state index in [9.17, 15) is 4.57 Å². The molecule has 0 aliphatic carbocycles. The lowest BCUT2D eigenvalue weighted by Crippen LogP contribution is -2.12. The van der Waals surface area contributed by atoms with Gasteiger partial charge in [-0.25, -0.2) is 0 Å². The van der Waals surface area contributed by atoms with Crippen LogP contribution in [0.15, 0.2) is 0 Å². The first-order chi connectivity index (χ1) is 6.64. The van der Waals surface area contributed by atoms with Crippen LogP contribution in [0.3, 0.4) is 0 Å². The molecule has 14 heavy (non-hydrogen) atoms. The molecular formula is C8H18ClO3PS. The Morgan fingerprint density at radius 2 is 1.79 bits per heavy atom. The van der Waals surface area contributed by atoms with E-state index in [1.165, 1.54) is 11.8 Å². The van der Waals surface area contributed by atoms with Gasteiger partial charge in [0.05, 0.1) is 13.2 Å². The molecule has 0 aliphatic rings. The van der Waals surface area contributed by atoms with Crippen LogP contribution in [0.25, 0.3) is 0 Å². The smallest absolute Gasteiger partial charge is 0.308 e. The van der Waals surface area contributed by atoms with Crippen LogP contribution in [-0.2, 0) is 13.6 Å². The number of halogens is 1. The zero-order valence-corrected chi connectivity index (χ0v) is 11.3. The largest absolute Gasteiger partial charge is 0.344 e. The van der Waals surface area contributed by atoms with E-state index in [0.717, 1.165) is 5.75 Å². The minimum atomic E-state index is -3.01. The van der Waals surface area contributed by atoms with Gasteiger partial charge in [-0.3, -0.25) is 4.57 Å². The van der Waals surface area contributed by atoms with Crippen LogP contribution in [-0.4, -0.2) is 29.8 Å². The van der Waals surface area contributed by atoms with Gasteiger partial charge in [0.15, 0.2) is 0 Å². The molecule has 3 nitrogen and oxygen atoms in total. The molecule has 0 aromatic heterocycles. The molecule has 0 fully saturated rings. The van der Waals surface area contributed by atoms with Gasteiger partial charge in [-0.2, -0.15) is 0 Å². The van der Waals surface area contributed by atoms with E-state index < -0.39 is 7.60 Å². The topological polar surface area (TPSA) is 35.5 Å². The van der Waals surface area contributed by atoms with Gasteiger partial charge in [0.1, 0.15) is 4.99 Å². The third kappa shape index (κ3) is 4.54. The van der Waals surface area contributed by atoms with Crippen molar-refractivity contribution in [3.8, 4) is 0 Å². The predicted molar refractivity (Wildman–Crippen MR) is 63.5 cm³/mol. The van der Waals surface area contributed by atoms with Gasteiger partial charge >= 0.3 is 7.60 Å². The maximum absolute atomic E-state index is 12.2. The fourth-order valence-corrected chi connectivity index (χ4v) is 5.06. The lowest BCUT2D eigenvalue weighted by atomic mass is 10.9. The Kier molecular flexibility index (Phi) is 8.45. The van der Waals surface area contributed by atoms with Crippen molar-refractivity contribution in [1.29, 1.82) is 0 Å². The molecule has 0 rings (SSSR count). The summed E-state index contributed by atoms with van der Waals surface area (Å²) in [5.74, 6) is 1.14. The zero-order chi connectivity index (χ0) is 11.0. The van der Waals surface area contributed by atoms with E-state index in [1.54, 1.807) is 13.8 Å². The molecule has 0 spiro atoms. The molecule has 0 saturated carbocycles. The van der Waals surface area contributed by atoms with E-state index in [1.807, 2.05) is 6.92 Å². The molecule has 0 amide bonds. The predicted octanol–water partition coefficient (Wildman–Crippen LogP) is 3.57. The SMILES string of the molecule is CCOP(=O)(OCC)C(CCl)SCC. The maximum atomic E-state index is 12.2. The lowest BCUT2D eigenvalue weighted by molar-refractivity contribution is 0.219. The van der Waals surface area contributed by atoms with Crippen molar-refractivity contribution in [3.05, 3.63) is 0 Å². The number of hydrogen-bond acceptors (Lipinski definition) is 4. The zero-order valence-electron chi connectivity index (χ0n) is 8.86. The van der Waals surface area contributed by atoms with Crippen molar-refractivity contribution in [2.24, 2.45) is 0 Å². The summed E-state index contributed by atoms with van der Waals surface area (Å²) in [6.45, 7) is 6.36. The van der Waals surface area contributed by atoms with E-state index in [-0.39, 0.29) is 10.9 Å². The Bertz CT molecular complexity index is 181. The minimum absolute atomic E-state index is 0.255. The molecule has 6 heteroatoms. The van der Waals surface area contributed by atoms with Crippen LogP contribution in [0, 0.1) is 0 Å². The normalized spacial score (nSPS) is 14.3. The minimum Gasteiger partial charge on any atom is -0.308 e. The van der Waals surface area contributed by atoms with Gasteiger partial charge < -0.3 is 9.05 Å². The highest BCUT2D eigenvalue weighted by Gasteiger charge is 2.34. The third-order valence-corrected chi connectivity index (χ3v) is 6.40. The molecular weight excluding hydrogens is 243 g/mol. The summed E-state index contributed by atoms with van der Waals surface area (Å²) in [6, 6.07) is 0. The Morgan fingerprint density at radius 1 is 1.29 bits per heavy atom. The second-order valence-corrected chi connectivity index (χ2v) is 6.80. The Balaban J connectivity index is 4.48. The van der Waals surface area contributed by atoms with Crippen LogP contribution >= 0.6 is 31.0 Å². The van der Waals surface area contributed by atoms with Gasteiger partial charge in [0, 0.05) is 5.88 Å². The summed E-state index contributed by atoms with van der Waals surface area (Å²) in [7, 11) is -3.01. The van der Waals surface area contributed by atoms with E-state index in [2.05, 4.69) is 0 Å². The highest BCUT2D eigenvalue weighted by molar-refractivity contribution is 8.05. The Labute approximate surface area is 95.4 Å². The molecule has 0 aliphatic heterocycles. The molecule has 0 aromatic carbocycles. The molecule has 1 atom stereocenters. The monoisotopic (exact) mass is 260 g/mol. The van der Waals surface area contributed by atoms with Crippen LogP contribution in [0.1, 0.15) is 20.8 Å². The van der Waals surface area contributed by atoms with Crippen molar-refractivity contribution in [1.82, 2.24) is 0 Å². The fraction of sp³-hybridized carbons (Fsp3) is 1.00. The fourth-order valence-electron chi connectivity index (χ4n) is 0.976. The lowest BCUT2D eigenvalue weighted by Gasteiger charge is -2.23. The quantitative estimate of drug-likeness (QED) is 0.494. The summed E-state index contributed by atoms with van der Waals surface area (Å²) >= 11 is 7.27. The standard InChI is InChI=1S/C8H18ClO3PS/c1-4-11-13(10,12-5-2)8(7-9)14-6-3/h8H,4-7H2,1-3H3. The first-order valence-corrected chi connectivity index (χ1v) is 7.90. The van der Waals surface area contributed by atoms with Gasteiger partial charge in [-0.05, 0) is 19.6 Å². The molecule has 0 radical (unpaired) electrons. The van der Waals surface area contributed by atoms with Crippen molar-refractivity contribution in [3.63, 3.8) is 0 Å². The highest BCUT2D eigenvalue weighted by Crippen LogP contribution is 2.57. The summed E-state index contributed by atoms with van der Waals surface area (Å²) < 4.78 is 22.6. The first-order valence-electron chi connectivity index (χ1n) is 4.70. The first kappa shape index (κ1) is 14.8. The van der Waals surface area contributed by atoms with Gasteiger partial charge in [-0.15, -0.1) is 23.4 Å². The molecule has 0 aromatic rings. The molecule has 0 saturated heterocycles. The van der Waals surface area contributed by atoms with Crippen LogP contribution in [0.4, 0.5) is 0 Å². The number of hydrogen-bond donors (Lipinski definition) is 0. The molecule has 1 unspecified atom stereocenters. The maximum Gasteiger partial charge on any atom is 0.344 e. The molecule has 86 valence electrons. The van der Waals surface area contributed by atoms with Crippen molar-refractivity contribution in [2.45, 2.75) is 25.8 Å².